The summed E-state index contributed by atoms with van der Waals surface area (Å²) in [6.45, 7) is 7.82. The smallest absolute Gasteiger partial charge is 0.234 e. The average molecular weight is 328 g/mol. The van der Waals surface area contributed by atoms with Gasteiger partial charge in [0.25, 0.3) is 0 Å². The zero-order valence-electron chi connectivity index (χ0n) is 14.8. The molecule has 0 bridgehead atoms. The second-order valence-electron chi connectivity index (χ2n) is 6.50. The van der Waals surface area contributed by atoms with Gasteiger partial charge in [0.15, 0.2) is 0 Å². The molecule has 0 aliphatic heterocycles. The lowest BCUT2D eigenvalue weighted by Crippen LogP contribution is -2.19. The minimum absolute atomic E-state index is 0.00171. The van der Waals surface area contributed by atoms with Crippen molar-refractivity contribution >= 4 is 12.2 Å². The molecule has 0 amide bonds. The lowest BCUT2D eigenvalue weighted by Gasteiger charge is -2.25. The highest BCUT2D eigenvalue weighted by Gasteiger charge is 2.20. The number of unbranched alkanes of at least 4 members (excludes halogenated alkanes) is 3. The van der Waals surface area contributed by atoms with Gasteiger partial charge in [-0.1, -0.05) is 33.6 Å². The predicted molar refractivity (Wildman–Crippen MR) is 90.8 cm³/mol. The number of hydrogen-bond donors (Lipinski definition) is 2. The van der Waals surface area contributed by atoms with Gasteiger partial charge in [-0.2, -0.15) is 0 Å². The van der Waals surface area contributed by atoms with E-state index in [0.717, 1.165) is 38.5 Å². The van der Waals surface area contributed by atoms with Gasteiger partial charge in [0, 0.05) is 13.2 Å². The fraction of sp³-hybridized carbons (Fsp3) is 0.882. The molecule has 0 rings (SSSR count). The summed E-state index contributed by atoms with van der Waals surface area (Å²) in [4.78, 5) is 27.0. The van der Waals surface area contributed by atoms with E-state index in [1.807, 2.05) is 0 Å². The molecule has 0 aromatic heterocycles. The van der Waals surface area contributed by atoms with Crippen molar-refractivity contribution in [3.63, 3.8) is 0 Å². The number of rotatable bonds is 12. The van der Waals surface area contributed by atoms with E-state index < -0.39 is 0 Å². The van der Waals surface area contributed by atoms with E-state index in [0.29, 0.717) is 19.0 Å². The third-order valence-corrected chi connectivity index (χ3v) is 3.34. The Kier molecular flexibility index (Phi) is 17.7. The standard InChI is InChI=1S/C11H18N2O2.C6H14O2/c1-10(4-5-12-8-14)6-11(2,3)7-13-9-15;7-5-3-1-2-4-6-8/h10H,4-7H2,1-3H3;7-8H,1-6H2. The first-order valence-corrected chi connectivity index (χ1v) is 8.22. The van der Waals surface area contributed by atoms with Crippen molar-refractivity contribution < 1.29 is 19.8 Å². The van der Waals surface area contributed by atoms with Gasteiger partial charge in [0.2, 0.25) is 12.2 Å². The molecule has 0 fully saturated rings. The van der Waals surface area contributed by atoms with Crippen molar-refractivity contribution in [1.82, 2.24) is 0 Å². The summed E-state index contributed by atoms with van der Waals surface area (Å²) >= 11 is 0. The van der Waals surface area contributed by atoms with Gasteiger partial charge >= 0.3 is 0 Å². The molecule has 6 nitrogen and oxygen atoms in total. The molecule has 6 heteroatoms. The van der Waals surface area contributed by atoms with Crippen LogP contribution in [0.4, 0.5) is 0 Å². The summed E-state index contributed by atoms with van der Waals surface area (Å²) in [6.07, 6.45) is 8.72. The average Bonchev–Trinajstić information content (AvgIpc) is 2.50. The van der Waals surface area contributed by atoms with Crippen molar-refractivity contribution in [2.75, 3.05) is 26.3 Å². The molecule has 0 aromatic rings. The minimum atomic E-state index is 0.00171. The van der Waals surface area contributed by atoms with Gasteiger partial charge < -0.3 is 10.2 Å². The van der Waals surface area contributed by atoms with Crippen LogP contribution in [0.3, 0.4) is 0 Å². The first-order valence-electron chi connectivity index (χ1n) is 8.22. The van der Waals surface area contributed by atoms with Gasteiger partial charge in [0.05, 0.1) is 13.1 Å². The molecule has 0 saturated carbocycles. The highest BCUT2D eigenvalue weighted by molar-refractivity contribution is 5.33. The monoisotopic (exact) mass is 328 g/mol. The summed E-state index contributed by atoms with van der Waals surface area (Å²) in [5, 5.41) is 16.6. The van der Waals surface area contributed by atoms with Crippen molar-refractivity contribution in [3.8, 4) is 0 Å². The van der Waals surface area contributed by atoms with Crippen molar-refractivity contribution in [3.05, 3.63) is 0 Å². The van der Waals surface area contributed by atoms with Gasteiger partial charge in [-0.3, -0.25) is 0 Å². The Morgan fingerprint density at radius 3 is 1.91 bits per heavy atom. The van der Waals surface area contributed by atoms with E-state index in [9.17, 15) is 9.59 Å². The van der Waals surface area contributed by atoms with E-state index >= 15 is 0 Å². The molecule has 0 spiro atoms. The SMILES string of the molecule is CC(CCN=C=O)CC(C)(C)CN=C=O.OCCCCCCO. The van der Waals surface area contributed by atoms with Crippen LogP contribution in [0.2, 0.25) is 0 Å². The second kappa shape index (κ2) is 17.0. The van der Waals surface area contributed by atoms with Crippen LogP contribution in [0.25, 0.3) is 0 Å². The minimum Gasteiger partial charge on any atom is -0.396 e. The number of aliphatic hydroxyl groups excluding tert-OH is 2. The van der Waals surface area contributed by atoms with E-state index in [4.69, 9.17) is 10.2 Å². The van der Waals surface area contributed by atoms with E-state index in [1.165, 1.54) is 6.08 Å². The number of carbonyl (C=O) groups excluding carboxylic acids is 2. The Labute approximate surface area is 139 Å². The molecule has 0 aromatic carbocycles. The number of aliphatic hydroxyl groups is 2. The van der Waals surface area contributed by atoms with E-state index in [2.05, 4.69) is 30.8 Å². The summed E-state index contributed by atoms with van der Waals surface area (Å²) in [6, 6.07) is 0. The highest BCUT2D eigenvalue weighted by atomic mass is 16.3. The Morgan fingerprint density at radius 2 is 1.48 bits per heavy atom. The van der Waals surface area contributed by atoms with Crippen molar-refractivity contribution in [2.24, 2.45) is 21.3 Å². The fourth-order valence-corrected chi connectivity index (χ4v) is 2.26. The highest BCUT2D eigenvalue weighted by Crippen LogP contribution is 2.27. The van der Waals surface area contributed by atoms with E-state index in [1.54, 1.807) is 6.08 Å². The van der Waals surface area contributed by atoms with Crippen molar-refractivity contribution in [1.29, 1.82) is 0 Å². The largest absolute Gasteiger partial charge is 0.396 e. The first kappa shape index (κ1) is 23.9. The first-order chi connectivity index (χ1) is 10.9. The molecule has 1 unspecified atom stereocenters. The molecule has 0 aliphatic rings. The number of hydrogen-bond acceptors (Lipinski definition) is 6. The number of nitrogens with zero attached hydrogens (tertiary/aromatic N) is 2. The Balaban J connectivity index is 0. The Bertz CT molecular complexity index is 354. The predicted octanol–water partition coefficient (Wildman–Crippen LogP) is 2.63. The maximum Gasteiger partial charge on any atom is 0.234 e. The molecule has 1 atom stereocenters. The van der Waals surface area contributed by atoms with Crippen LogP contribution in [0.15, 0.2) is 9.98 Å². The summed E-state index contributed by atoms with van der Waals surface area (Å²) in [5.74, 6) is 0.457. The maximum absolute atomic E-state index is 10.00. The van der Waals surface area contributed by atoms with Crippen LogP contribution in [-0.4, -0.2) is 48.7 Å². The summed E-state index contributed by atoms with van der Waals surface area (Å²) < 4.78 is 0. The van der Waals surface area contributed by atoms with Crippen LogP contribution in [0.5, 0.6) is 0 Å². The number of isocyanates is 2. The van der Waals surface area contributed by atoms with Crippen LogP contribution in [-0.2, 0) is 9.59 Å². The molecular formula is C17H32N2O4. The van der Waals surface area contributed by atoms with Gasteiger partial charge in [-0.25, -0.2) is 19.6 Å². The lowest BCUT2D eigenvalue weighted by atomic mass is 9.82. The fourth-order valence-electron chi connectivity index (χ4n) is 2.26. The molecule has 0 heterocycles. The van der Waals surface area contributed by atoms with Crippen LogP contribution >= 0.6 is 0 Å². The maximum atomic E-state index is 10.00. The Hall–Kier alpha value is -1.32. The zero-order valence-corrected chi connectivity index (χ0v) is 14.8. The molecular weight excluding hydrogens is 296 g/mol. The molecule has 2 N–H and O–H groups in total. The Morgan fingerprint density at radius 1 is 0.957 bits per heavy atom. The molecule has 0 aliphatic carbocycles. The third kappa shape index (κ3) is 20.7. The summed E-state index contributed by atoms with van der Waals surface area (Å²) in [5.41, 5.74) is 0.00171. The van der Waals surface area contributed by atoms with Gasteiger partial charge in [0.1, 0.15) is 0 Å². The van der Waals surface area contributed by atoms with Crippen LogP contribution in [0, 0.1) is 11.3 Å². The second-order valence-corrected chi connectivity index (χ2v) is 6.50. The van der Waals surface area contributed by atoms with Crippen LogP contribution in [0.1, 0.15) is 59.3 Å². The van der Waals surface area contributed by atoms with E-state index in [-0.39, 0.29) is 18.6 Å². The topological polar surface area (TPSA) is 99.3 Å². The normalized spacial score (nSPS) is 11.5. The third-order valence-electron chi connectivity index (χ3n) is 3.34. The molecule has 0 radical (unpaired) electrons. The molecule has 134 valence electrons. The van der Waals surface area contributed by atoms with Crippen LogP contribution < -0.4 is 0 Å². The number of aliphatic imine (C=N–C) groups is 2. The van der Waals surface area contributed by atoms with Gasteiger partial charge in [-0.15, -0.1) is 0 Å². The van der Waals surface area contributed by atoms with Crippen molar-refractivity contribution in [2.45, 2.75) is 59.3 Å². The molecule has 0 saturated heterocycles. The summed E-state index contributed by atoms with van der Waals surface area (Å²) in [7, 11) is 0. The quantitative estimate of drug-likeness (QED) is 0.327. The van der Waals surface area contributed by atoms with Gasteiger partial charge in [-0.05, 0) is 37.0 Å². The zero-order chi connectivity index (χ0) is 18.0. The molecule has 23 heavy (non-hydrogen) atoms. The lowest BCUT2D eigenvalue weighted by molar-refractivity contribution is 0.265.